The number of ether oxygens (including phenoxy) is 10. The molecule has 0 aromatic carbocycles. The van der Waals surface area contributed by atoms with Crippen LogP contribution in [0.3, 0.4) is 0 Å². The van der Waals surface area contributed by atoms with Crippen LogP contribution >= 0.6 is 0 Å². The Hall–Kier alpha value is -0.880. The number of fused-ring (bicyclic) bond motifs is 7. The van der Waals surface area contributed by atoms with Crippen LogP contribution in [0, 0.1) is 52.3 Å². The highest BCUT2D eigenvalue weighted by molar-refractivity contribution is 5.15. The van der Waals surface area contributed by atoms with Crippen molar-refractivity contribution >= 4 is 0 Å². The maximum atomic E-state index is 11.9. The molecule has 0 unspecified atom stereocenters. The lowest BCUT2D eigenvalue weighted by molar-refractivity contribution is -0.374. The lowest BCUT2D eigenvalue weighted by Gasteiger charge is -2.61. The summed E-state index contributed by atoms with van der Waals surface area (Å²) in [6.07, 6.45) is -22.7. The second kappa shape index (κ2) is 21.3. The maximum absolute atomic E-state index is 11.9. The number of aliphatic hydroxyl groups is 12. The minimum Gasteiger partial charge on any atom is -0.394 e. The largest absolute Gasteiger partial charge is 0.394 e. The number of aliphatic hydroxyl groups excluding tert-OH is 12. The molecular weight excluding hydrogens is 965 g/mol. The molecule has 0 bridgehead atoms. The summed E-state index contributed by atoms with van der Waals surface area (Å²) in [5, 5.41) is 129. The molecule has 1 spiro atoms. The predicted octanol–water partition coefficient (Wildman–Crippen LogP) is -1.88. The summed E-state index contributed by atoms with van der Waals surface area (Å²) >= 11 is 0. The fourth-order valence-electron chi connectivity index (χ4n) is 15.9. The molecule has 12 N–H and O–H groups in total. The predicted molar refractivity (Wildman–Crippen MR) is 247 cm³/mol. The van der Waals surface area contributed by atoms with Gasteiger partial charge in [0.15, 0.2) is 30.9 Å². The van der Waals surface area contributed by atoms with E-state index in [0.29, 0.717) is 54.3 Å². The van der Waals surface area contributed by atoms with Crippen LogP contribution in [0.2, 0.25) is 0 Å². The SMILES string of the molecule is C[C@H]1CC[C@@]2(OC1)O[C@H]1C[C@H]3[C@@H]4CC[C@@H]5C[C@@H](O[C@@H]6O[C@H](CO[C@@H]7O[C@H](CO)[C@@H](O)[C@H](O)[C@H]7O)[C@@H](O[C@@H]7O[C@H](CO[C@@H]8O[C@@H](C)[C@H](O)[C@@H](O)[C@H]8O)[C@@H](O)[C@H](O)[C@H]7O)[C@H](O)[C@H]6O)CC[C@]5(C)[C@H]4CC[C@]3(C)[C@H]1[C@@H]2C. The van der Waals surface area contributed by atoms with E-state index < -0.39 is 148 Å². The normalized spacial score (nSPS) is 58.2. The molecule has 0 aromatic rings. The number of rotatable bonds is 11. The highest BCUT2D eigenvalue weighted by Crippen LogP contribution is 2.71. The smallest absolute Gasteiger partial charge is 0.187 e. The quantitative estimate of drug-likeness (QED) is 0.101. The molecule has 6 aliphatic heterocycles. The second-order valence-electron chi connectivity index (χ2n) is 24.4. The summed E-state index contributed by atoms with van der Waals surface area (Å²) in [7, 11) is 0. The third kappa shape index (κ3) is 9.70. The number of hydrogen-bond donors (Lipinski definition) is 12. The Bertz CT molecular complexity index is 1860. The lowest BCUT2D eigenvalue weighted by Crippen LogP contribution is -2.66. The van der Waals surface area contributed by atoms with Gasteiger partial charge in [0.1, 0.15) is 91.6 Å². The second-order valence-corrected chi connectivity index (χ2v) is 24.4. The van der Waals surface area contributed by atoms with Gasteiger partial charge in [0.05, 0.1) is 44.7 Å². The molecule has 6 heterocycles. The first-order chi connectivity index (χ1) is 34.6. The average Bonchev–Trinajstić information content (AvgIpc) is 3.82. The first-order valence-corrected chi connectivity index (χ1v) is 27.2. The zero-order valence-corrected chi connectivity index (χ0v) is 42.6. The molecule has 420 valence electrons. The molecule has 73 heavy (non-hydrogen) atoms. The van der Waals surface area contributed by atoms with E-state index in [9.17, 15) is 61.3 Å². The van der Waals surface area contributed by atoms with Crippen LogP contribution in [0.15, 0.2) is 0 Å². The Morgan fingerprint density at radius 1 is 0.521 bits per heavy atom. The fraction of sp³-hybridized carbons (Fsp3) is 1.00. The molecule has 4 aliphatic carbocycles. The summed E-state index contributed by atoms with van der Waals surface area (Å²) in [4.78, 5) is 0. The molecule has 0 aromatic heterocycles. The standard InChI is InChI=1S/C51H84O22/c1-20-8-13-51(66-17-20)21(2)32-28(73-51)15-27-25-7-6-23-14-24(9-11-49(23,4)26(25)10-12-50(27,32)5)68-47-43(63)39(59)44(31(71-47)19-65-46-41(61)37(57)34(54)29(16-52)69-46)72-48-42(62)38(58)35(55)30(70-48)18-64-45-40(60)36(56)33(53)22(3)67-45/h20-48,52-63H,6-19H2,1-5H3/t20-,21-,22-,23+,24-,25+,26-,27-,28-,29+,30+,31+,32-,33-,34+,35+,36+,37-,38-,39+,40+,41+,42+,43+,44+,45+,46+,47+,48-,49-,50-,51+/m0/s1. The Labute approximate surface area is 426 Å². The third-order valence-electron chi connectivity index (χ3n) is 20.3. The first-order valence-electron chi connectivity index (χ1n) is 27.2. The summed E-state index contributed by atoms with van der Waals surface area (Å²) in [6, 6.07) is 0. The van der Waals surface area contributed by atoms with Crippen LogP contribution in [-0.4, -0.2) is 229 Å². The van der Waals surface area contributed by atoms with Crippen LogP contribution in [0.5, 0.6) is 0 Å². The van der Waals surface area contributed by atoms with E-state index >= 15 is 0 Å². The van der Waals surface area contributed by atoms with Gasteiger partial charge in [-0.25, -0.2) is 0 Å². The topological polar surface area (TPSA) is 335 Å². The molecule has 0 amide bonds. The Balaban J connectivity index is 0.810. The Kier molecular flexibility index (Phi) is 16.2. The van der Waals surface area contributed by atoms with E-state index in [1.165, 1.54) is 6.92 Å². The van der Waals surface area contributed by atoms with Crippen molar-refractivity contribution in [3.63, 3.8) is 0 Å². The van der Waals surface area contributed by atoms with E-state index in [-0.39, 0.29) is 23.0 Å². The van der Waals surface area contributed by atoms with E-state index in [4.69, 9.17) is 47.4 Å². The van der Waals surface area contributed by atoms with Crippen molar-refractivity contribution in [3.05, 3.63) is 0 Å². The van der Waals surface area contributed by atoms with Crippen LogP contribution in [0.4, 0.5) is 0 Å². The van der Waals surface area contributed by atoms with E-state index in [0.717, 1.165) is 58.0 Å². The van der Waals surface area contributed by atoms with Crippen LogP contribution in [0.25, 0.3) is 0 Å². The van der Waals surface area contributed by atoms with Gasteiger partial charge in [0, 0.05) is 12.3 Å². The summed E-state index contributed by atoms with van der Waals surface area (Å²) in [5.41, 5.74) is 0.255. The minimum absolute atomic E-state index is 0.0671. The lowest BCUT2D eigenvalue weighted by atomic mass is 9.44. The molecule has 10 aliphatic rings. The van der Waals surface area contributed by atoms with Gasteiger partial charge in [-0.2, -0.15) is 0 Å². The van der Waals surface area contributed by atoms with Gasteiger partial charge < -0.3 is 109 Å². The van der Waals surface area contributed by atoms with Gasteiger partial charge in [0.2, 0.25) is 0 Å². The fourth-order valence-corrected chi connectivity index (χ4v) is 15.9. The molecule has 0 radical (unpaired) electrons. The molecule has 10 rings (SSSR count). The zero-order chi connectivity index (χ0) is 52.2. The van der Waals surface area contributed by atoms with E-state index in [1.54, 1.807) is 0 Å². The average molecular weight is 1050 g/mol. The van der Waals surface area contributed by atoms with Gasteiger partial charge in [-0.05, 0) is 111 Å². The highest BCUT2D eigenvalue weighted by Gasteiger charge is 2.69. The molecule has 32 atom stereocenters. The molecule has 22 heteroatoms. The monoisotopic (exact) mass is 1050 g/mol. The molecule has 10 fully saturated rings. The number of hydrogen-bond acceptors (Lipinski definition) is 22. The Morgan fingerprint density at radius 2 is 1.11 bits per heavy atom. The summed E-state index contributed by atoms with van der Waals surface area (Å²) < 4.78 is 61.0. The van der Waals surface area contributed by atoms with Crippen molar-refractivity contribution in [1.82, 2.24) is 0 Å². The minimum atomic E-state index is -1.95. The van der Waals surface area contributed by atoms with Gasteiger partial charge in [-0.15, -0.1) is 0 Å². The van der Waals surface area contributed by atoms with Crippen LogP contribution in [-0.2, 0) is 47.4 Å². The molecular formula is C51H84O22. The van der Waals surface area contributed by atoms with Crippen LogP contribution in [0.1, 0.15) is 98.8 Å². The van der Waals surface area contributed by atoms with Gasteiger partial charge in [0.25, 0.3) is 0 Å². The van der Waals surface area contributed by atoms with Crippen molar-refractivity contribution in [2.75, 3.05) is 26.4 Å². The zero-order valence-electron chi connectivity index (χ0n) is 42.6. The van der Waals surface area contributed by atoms with Crippen molar-refractivity contribution < 1.29 is 109 Å². The molecule has 6 saturated heterocycles. The van der Waals surface area contributed by atoms with Gasteiger partial charge in [-0.1, -0.05) is 27.7 Å². The van der Waals surface area contributed by atoms with Gasteiger partial charge >= 0.3 is 0 Å². The molecule has 22 nitrogen and oxygen atoms in total. The third-order valence-corrected chi connectivity index (χ3v) is 20.3. The first kappa shape index (κ1) is 55.4. The van der Waals surface area contributed by atoms with Gasteiger partial charge in [-0.3, -0.25) is 0 Å². The van der Waals surface area contributed by atoms with Crippen molar-refractivity contribution in [2.24, 2.45) is 52.3 Å². The maximum Gasteiger partial charge on any atom is 0.187 e. The Morgan fingerprint density at radius 3 is 1.79 bits per heavy atom. The van der Waals surface area contributed by atoms with Crippen LogP contribution < -0.4 is 0 Å². The molecule has 4 saturated carbocycles. The highest BCUT2D eigenvalue weighted by atomic mass is 16.8. The van der Waals surface area contributed by atoms with E-state index in [2.05, 4.69) is 27.7 Å². The van der Waals surface area contributed by atoms with Crippen molar-refractivity contribution in [2.45, 2.75) is 240 Å². The van der Waals surface area contributed by atoms with E-state index in [1.807, 2.05) is 0 Å². The van der Waals surface area contributed by atoms with Crippen molar-refractivity contribution in [1.29, 1.82) is 0 Å². The van der Waals surface area contributed by atoms with Crippen molar-refractivity contribution in [3.8, 4) is 0 Å². The summed E-state index contributed by atoms with van der Waals surface area (Å²) in [5.74, 6) is 2.95. The summed E-state index contributed by atoms with van der Waals surface area (Å²) in [6.45, 7) is 9.91.